The van der Waals surface area contributed by atoms with Gasteiger partial charge in [-0.2, -0.15) is 16.3 Å². The number of H-pyrrole nitrogens is 1. The third kappa shape index (κ3) is 2.54. The molecule has 0 bridgehead atoms. The number of nitrogens with zero attached hydrogens (tertiary/aromatic N) is 3. The van der Waals surface area contributed by atoms with Gasteiger partial charge in [-0.05, 0) is 35.2 Å². The number of hydrogen-bond donors (Lipinski definition) is 2. The van der Waals surface area contributed by atoms with E-state index in [0.29, 0.717) is 0 Å². The molecule has 0 radical (unpaired) electrons. The normalized spacial score (nSPS) is 20.3. The monoisotopic (exact) mass is 263 g/mol. The summed E-state index contributed by atoms with van der Waals surface area (Å²) in [6, 6.07) is 2.36. The number of hydrogen-bond acceptors (Lipinski definition) is 5. The van der Waals surface area contributed by atoms with Crippen LogP contribution in [0.1, 0.15) is 24.2 Å². The van der Waals surface area contributed by atoms with Gasteiger partial charge in [-0.3, -0.25) is 5.10 Å². The van der Waals surface area contributed by atoms with Gasteiger partial charge in [0.05, 0.1) is 0 Å². The number of nitrogens with one attached hydrogen (secondary N) is 1. The Hall–Kier alpha value is -1.40. The Kier molecular flexibility index (Phi) is 3.29. The van der Waals surface area contributed by atoms with E-state index in [1.807, 2.05) is 0 Å². The number of nitrogens with two attached hydrogens (primary N) is 1. The maximum atomic E-state index is 5.97. The van der Waals surface area contributed by atoms with Crippen molar-refractivity contribution < 1.29 is 0 Å². The minimum absolute atomic E-state index is 0.248. The van der Waals surface area contributed by atoms with Crippen molar-refractivity contribution in [3.8, 4) is 0 Å². The molecule has 2 aromatic heterocycles. The molecule has 5 nitrogen and oxygen atoms in total. The number of thiophene rings is 1. The molecule has 96 valence electrons. The third-order valence-corrected chi connectivity index (χ3v) is 3.94. The Morgan fingerprint density at radius 1 is 1.56 bits per heavy atom. The second-order valence-corrected chi connectivity index (χ2v) is 5.52. The average molecular weight is 263 g/mol. The molecular formula is C12H17N5S. The standard InChI is InChI=1S/C12H17N5S/c13-10-2-1-4-17(7-10)12-14-11(15-16-12)6-9-3-5-18-8-9/h3,5,8,10H,1-2,4,6-7,13H2,(H,14,15,16). The third-order valence-electron chi connectivity index (χ3n) is 3.21. The fourth-order valence-electron chi connectivity index (χ4n) is 2.28. The van der Waals surface area contributed by atoms with E-state index >= 15 is 0 Å². The van der Waals surface area contributed by atoms with Gasteiger partial charge in [-0.15, -0.1) is 5.10 Å². The number of aromatic amines is 1. The Bertz CT molecular complexity index is 492. The zero-order chi connectivity index (χ0) is 12.4. The van der Waals surface area contributed by atoms with Crippen molar-refractivity contribution in [1.29, 1.82) is 0 Å². The van der Waals surface area contributed by atoms with E-state index < -0.39 is 0 Å². The van der Waals surface area contributed by atoms with Crippen molar-refractivity contribution in [2.45, 2.75) is 25.3 Å². The summed E-state index contributed by atoms with van der Waals surface area (Å²) in [5.74, 6) is 1.71. The highest BCUT2D eigenvalue weighted by atomic mass is 32.1. The van der Waals surface area contributed by atoms with Gasteiger partial charge in [0.2, 0.25) is 5.95 Å². The van der Waals surface area contributed by atoms with Crippen molar-refractivity contribution in [3.63, 3.8) is 0 Å². The topological polar surface area (TPSA) is 70.8 Å². The van der Waals surface area contributed by atoms with E-state index in [4.69, 9.17) is 5.73 Å². The Morgan fingerprint density at radius 3 is 3.28 bits per heavy atom. The fourth-order valence-corrected chi connectivity index (χ4v) is 2.95. The van der Waals surface area contributed by atoms with Crippen LogP contribution in [-0.4, -0.2) is 34.3 Å². The van der Waals surface area contributed by atoms with Crippen LogP contribution >= 0.6 is 11.3 Å². The summed E-state index contributed by atoms with van der Waals surface area (Å²) in [7, 11) is 0. The summed E-state index contributed by atoms with van der Waals surface area (Å²) in [6.45, 7) is 1.86. The molecule has 1 aliphatic heterocycles. The van der Waals surface area contributed by atoms with Crippen molar-refractivity contribution in [1.82, 2.24) is 15.2 Å². The van der Waals surface area contributed by atoms with E-state index in [-0.39, 0.29) is 6.04 Å². The molecule has 2 aromatic rings. The molecule has 3 heterocycles. The lowest BCUT2D eigenvalue weighted by molar-refractivity contribution is 0.500. The molecule has 1 unspecified atom stereocenters. The molecule has 1 fully saturated rings. The van der Waals surface area contributed by atoms with Crippen LogP contribution in [0, 0.1) is 0 Å². The van der Waals surface area contributed by atoms with Crippen LogP contribution in [0.2, 0.25) is 0 Å². The van der Waals surface area contributed by atoms with Gasteiger partial charge < -0.3 is 10.6 Å². The van der Waals surface area contributed by atoms with Gasteiger partial charge in [0.25, 0.3) is 0 Å². The second kappa shape index (κ2) is 5.07. The number of aromatic nitrogens is 3. The Morgan fingerprint density at radius 2 is 2.50 bits per heavy atom. The van der Waals surface area contributed by atoms with Crippen molar-refractivity contribution >= 4 is 17.3 Å². The second-order valence-electron chi connectivity index (χ2n) is 4.74. The molecule has 1 aliphatic rings. The Labute approximate surface area is 110 Å². The van der Waals surface area contributed by atoms with Crippen LogP contribution in [0.3, 0.4) is 0 Å². The molecule has 1 atom stereocenters. The van der Waals surface area contributed by atoms with Gasteiger partial charge in [0.15, 0.2) is 0 Å². The van der Waals surface area contributed by atoms with Crippen molar-refractivity contribution in [3.05, 3.63) is 28.2 Å². The smallest absolute Gasteiger partial charge is 0.244 e. The lowest BCUT2D eigenvalue weighted by Gasteiger charge is -2.29. The SMILES string of the molecule is NC1CCCN(c2n[nH]c(Cc3ccsc3)n2)C1. The van der Waals surface area contributed by atoms with Gasteiger partial charge >= 0.3 is 0 Å². The van der Waals surface area contributed by atoms with E-state index in [1.165, 1.54) is 5.56 Å². The molecule has 3 rings (SSSR count). The highest BCUT2D eigenvalue weighted by Crippen LogP contribution is 2.16. The van der Waals surface area contributed by atoms with E-state index in [2.05, 4.69) is 36.9 Å². The molecule has 3 N–H and O–H groups in total. The predicted octanol–water partition coefficient (Wildman–Crippen LogP) is 1.38. The largest absolute Gasteiger partial charge is 0.338 e. The summed E-state index contributed by atoms with van der Waals surface area (Å²) in [6.07, 6.45) is 3.04. The van der Waals surface area contributed by atoms with Crippen molar-refractivity contribution in [2.24, 2.45) is 5.73 Å². The van der Waals surface area contributed by atoms with Crippen molar-refractivity contribution in [2.75, 3.05) is 18.0 Å². The number of anilines is 1. The quantitative estimate of drug-likeness (QED) is 0.877. The zero-order valence-electron chi connectivity index (χ0n) is 10.2. The van der Waals surface area contributed by atoms with Gasteiger partial charge in [-0.25, -0.2) is 0 Å². The highest BCUT2D eigenvalue weighted by Gasteiger charge is 2.20. The average Bonchev–Trinajstić information content (AvgIpc) is 3.01. The first-order valence-corrected chi connectivity index (χ1v) is 7.18. The van der Waals surface area contributed by atoms with Crippen LogP contribution in [0.25, 0.3) is 0 Å². The molecule has 0 aromatic carbocycles. The van der Waals surface area contributed by atoms with Crippen LogP contribution in [0.4, 0.5) is 5.95 Å². The lowest BCUT2D eigenvalue weighted by Crippen LogP contribution is -2.43. The summed E-state index contributed by atoms with van der Waals surface area (Å²) in [4.78, 5) is 6.72. The minimum Gasteiger partial charge on any atom is -0.338 e. The van der Waals surface area contributed by atoms with Crippen LogP contribution in [0.5, 0.6) is 0 Å². The summed E-state index contributed by atoms with van der Waals surface area (Å²) >= 11 is 1.70. The number of rotatable bonds is 3. The van der Waals surface area contributed by atoms with E-state index in [0.717, 1.165) is 44.1 Å². The molecule has 6 heteroatoms. The summed E-state index contributed by atoms with van der Waals surface area (Å²) in [5.41, 5.74) is 7.25. The molecular weight excluding hydrogens is 246 g/mol. The fraction of sp³-hybridized carbons (Fsp3) is 0.500. The molecule has 0 saturated carbocycles. The predicted molar refractivity (Wildman–Crippen MR) is 72.9 cm³/mol. The van der Waals surface area contributed by atoms with Gasteiger partial charge in [0.1, 0.15) is 5.82 Å². The molecule has 18 heavy (non-hydrogen) atoms. The summed E-state index contributed by atoms with van der Waals surface area (Å²) < 4.78 is 0. The first kappa shape index (κ1) is 11.7. The first-order chi connectivity index (χ1) is 8.81. The zero-order valence-corrected chi connectivity index (χ0v) is 11.0. The van der Waals surface area contributed by atoms with Crippen LogP contribution in [-0.2, 0) is 6.42 Å². The van der Waals surface area contributed by atoms with Gasteiger partial charge in [0, 0.05) is 25.6 Å². The minimum atomic E-state index is 0.248. The van der Waals surface area contributed by atoms with E-state index in [1.54, 1.807) is 11.3 Å². The van der Waals surface area contributed by atoms with Crippen LogP contribution < -0.4 is 10.6 Å². The highest BCUT2D eigenvalue weighted by molar-refractivity contribution is 7.07. The maximum Gasteiger partial charge on any atom is 0.244 e. The molecule has 0 amide bonds. The molecule has 0 spiro atoms. The number of piperidine rings is 1. The summed E-state index contributed by atoms with van der Waals surface area (Å²) in [5, 5.41) is 11.5. The lowest BCUT2D eigenvalue weighted by atomic mass is 10.1. The molecule has 0 aliphatic carbocycles. The van der Waals surface area contributed by atoms with Gasteiger partial charge in [-0.1, -0.05) is 0 Å². The van der Waals surface area contributed by atoms with Crippen LogP contribution in [0.15, 0.2) is 16.8 Å². The first-order valence-electron chi connectivity index (χ1n) is 6.24. The maximum absolute atomic E-state index is 5.97. The molecule has 1 saturated heterocycles. The van der Waals surface area contributed by atoms with E-state index in [9.17, 15) is 0 Å². The Balaban J connectivity index is 1.69.